The number of amides is 1. The normalized spacial score (nSPS) is 14.6. The Morgan fingerprint density at radius 3 is 3.05 bits per heavy atom. The highest BCUT2D eigenvalue weighted by molar-refractivity contribution is 8.14. The summed E-state index contributed by atoms with van der Waals surface area (Å²) in [5, 5.41) is 3.78. The Morgan fingerprint density at radius 2 is 2.24 bits per heavy atom. The fraction of sp³-hybridized carbons (Fsp3) is 0.133. The lowest BCUT2D eigenvalue weighted by Gasteiger charge is -1.99. The van der Waals surface area contributed by atoms with E-state index in [9.17, 15) is 9.59 Å². The fourth-order valence-corrected chi connectivity index (χ4v) is 2.66. The molecule has 0 saturated heterocycles. The van der Waals surface area contributed by atoms with Crippen LogP contribution in [0.2, 0.25) is 0 Å². The summed E-state index contributed by atoms with van der Waals surface area (Å²) in [6.07, 6.45) is 4.12. The quantitative estimate of drug-likeness (QED) is 0.861. The molecule has 1 aromatic carbocycles. The third-order valence-electron chi connectivity index (χ3n) is 2.94. The Kier molecular flexibility index (Phi) is 3.87. The second kappa shape index (κ2) is 5.97. The van der Waals surface area contributed by atoms with Gasteiger partial charge in [0.2, 0.25) is 5.91 Å². The number of rotatable bonds is 2. The molecule has 0 fully saturated rings. The van der Waals surface area contributed by atoms with E-state index in [1.165, 1.54) is 30.2 Å². The maximum absolute atomic E-state index is 12.2. The third kappa shape index (κ3) is 3.05. The van der Waals surface area contributed by atoms with Crippen LogP contribution in [0.3, 0.4) is 0 Å². The molecule has 106 valence electrons. The Labute approximate surface area is 124 Å². The molecule has 21 heavy (non-hydrogen) atoms. The van der Waals surface area contributed by atoms with Gasteiger partial charge < -0.3 is 9.73 Å². The Bertz CT molecular complexity index is 808. The molecule has 0 atom stereocenters. The molecule has 1 aliphatic rings. The van der Waals surface area contributed by atoms with Gasteiger partial charge in [-0.25, -0.2) is 0 Å². The van der Waals surface area contributed by atoms with E-state index in [1.807, 2.05) is 0 Å². The maximum Gasteiger partial charge on any atom is 0.249 e. The van der Waals surface area contributed by atoms with E-state index in [0.29, 0.717) is 21.7 Å². The van der Waals surface area contributed by atoms with Crippen molar-refractivity contribution in [3.05, 3.63) is 52.4 Å². The minimum Gasteiger partial charge on any atom is -0.463 e. The average Bonchev–Trinajstić information content (AvgIpc) is 3.00. The number of fused-ring (bicyclic) bond motifs is 1. The lowest BCUT2D eigenvalue weighted by atomic mass is 10.1. The molecule has 0 aliphatic carbocycles. The van der Waals surface area contributed by atoms with Crippen molar-refractivity contribution in [1.29, 1.82) is 0 Å². The highest BCUT2D eigenvalue weighted by Crippen LogP contribution is 2.11. The van der Waals surface area contributed by atoms with Crippen LogP contribution in [0.15, 0.2) is 50.8 Å². The topological polar surface area (TPSA) is 71.7 Å². The van der Waals surface area contributed by atoms with Crippen molar-refractivity contribution >= 4 is 39.9 Å². The van der Waals surface area contributed by atoms with Crippen LogP contribution in [-0.2, 0) is 4.79 Å². The number of nitrogens with one attached hydrogen (secondary N) is 1. The van der Waals surface area contributed by atoms with Crippen molar-refractivity contribution in [2.24, 2.45) is 4.99 Å². The number of amidine groups is 1. The van der Waals surface area contributed by atoms with Crippen molar-refractivity contribution in [3.8, 4) is 0 Å². The molecule has 0 saturated carbocycles. The van der Waals surface area contributed by atoms with Gasteiger partial charge in [-0.1, -0.05) is 23.9 Å². The van der Waals surface area contributed by atoms with E-state index >= 15 is 0 Å². The Morgan fingerprint density at radius 1 is 1.38 bits per heavy atom. The summed E-state index contributed by atoms with van der Waals surface area (Å²) in [5.74, 6) is 0.573. The van der Waals surface area contributed by atoms with Gasteiger partial charge in [0.1, 0.15) is 11.8 Å². The van der Waals surface area contributed by atoms with Crippen LogP contribution in [0.1, 0.15) is 5.56 Å². The number of hydrogen-bond donors (Lipinski definition) is 1. The third-order valence-corrected chi connectivity index (χ3v) is 3.83. The van der Waals surface area contributed by atoms with Crippen LogP contribution in [0.4, 0.5) is 0 Å². The van der Waals surface area contributed by atoms with Crippen LogP contribution in [0.5, 0.6) is 0 Å². The smallest absolute Gasteiger partial charge is 0.249 e. The number of carbonyl (C=O) groups is 1. The molecule has 5 nitrogen and oxygen atoms in total. The van der Waals surface area contributed by atoms with E-state index < -0.39 is 0 Å². The van der Waals surface area contributed by atoms with Gasteiger partial charge in [-0.3, -0.25) is 14.6 Å². The molecule has 1 N–H and O–H groups in total. The fourth-order valence-electron chi connectivity index (χ4n) is 1.93. The first-order chi connectivity index (χ1) is 10.2. The van der Waals surface area contributed by atoms with E-state index in [4.69, 9.17) is 4.42 Å². The zero-order valence-electron chi connectivity index (χ0n) is 11.0. The molecule has 2 aromatic rings. The number of thioether (sulfide) groups is 1. The number of para-hydroxylation sites is 1. The van der Waals surface area contributed by atoms with Crippen molar-refractivity contribution < 1.29 is 9.21 Å². The molecule has 6 heteroatoms. The summed E-state index contributed by atoms with van der Waals surface area (Å²) in [6.45, 7) is 0.720. The molecule has 1 aliphatic heterocycles. The van der Waals surface area contributed by atoms with Gasteiger partial charge >= 0.3 is 0 Å². The molecule has 0 unspecified atom stereocenters. The summed E-state index contributed by atoms with van der Waals surface area (Å²) in [5.41, 5.74) is 0.708. The van der Waals surface area contributed by atoms with Gasteiger partial charge in [0, 0.05) is 11.8 Å². The van der Waals surface area contributed by atoms with Crippen molar-refractivity contribution in [2.45, 2.75) is 0 Å². The van der Waals surface area contributed by atoms with Gasteiger partial charge in [0.05, 0.1) is 17.5 Å². The number of nitrogens with zero attached hydrogens (tertiary/aromatic N) is 1. The molecule has 1 amide bonds. The molecular weight excluding hydrogens is 288 g/mol. The van der Waals surface area contributed by atoms with Gasteiger partial charge in [0.15, 0.2) is 10.6 Å². The molecule has 1 aromatic heterocycles. The first-order valence-corrected chi connectivity index (χ1v) is 7.39. The highest BCUT2D eigenvalue weighted by Gasteiger charge is 2.09. The monoisotopic (exact) mass is 300 g/mol. The maximum atomic E-state index is 12.2. The zero-order chi connectivity index (χ0) is 14.7. The SMILES string of the molecule is O=C(/C=C/c1coc2ccccc2c1=O)NC1=NCCS1. The largest absolute Gasteiger partial charge is 0.463 e. The van der Waals surface area contributed by atoms with Crippen LogP contribution >= 0.6 is 11.8 Å². The van der Waals surface area contributed by atoms with E-state index in [1.54, 1.807) is 24.3 Å². The predicted molar refractivity (Wildman–Crippen MR) is 84.4 cm³/mol. The van der Waals surface area contributed by atoms with E-state index in [-0.39, 0.29) is 11.3 Å². The predicted octanol–water partition coefficient (Wildman–Crippen LogP) is 2.03. The minimum atomic E-state index is -0.310. The van der Waals surface area contributed by atoms with Crippen LogP contribution < -0.4 is 10.7 Å². The minimum absolute atomic E-state index is 0.159. The van der Waals surface area contributed by atoms with E-state index in [2.05, 4.69) is 10.3 Å². The van der Waals surface area contributed by atoms with Crippen LogP contribution in [-0.4, -0.2) is 23.4 Å². The molecule has 0 radical (unpaired) electrons. The van der Waals surface area contributed by atoms with Crippen LogP contribution in [0, 0.1) is 0 Å². The first kappa shape index (κ1) is 13.6. The van der Waals surface area contributed by atoms with Gasteiger partial charge in [0.25, 0.3) is 0 Å². The number of hydrogen-bond acceptors (Lipinski definition) is 5. The van der Waals surface area contributed by atoms with Crippen LogP contribution in [0.25, 0.3) is 17.0 Å². The summed E-state index contributed by atoms with van der Waals surface area (Å²) in [6, 6.07) is 7.00. The lowest BCUT2D eigenvalue weighted by Crippen LogP contribution is -2.25. The van der Waals surface area contributed by atoms with Gasteiger partial charge in [-0.05, 0) is 18.2 Å². The summed E-state index contributed by atoms with van der Waals surface area (Å²) in [7, 11) is 0. The molecular formula is C15H12N2O3S. The number of carbonyl (C=O) groups excluding carboxylic acids is 1. The summed E-state index contributed by atoms with van der Waals surface area (Å²) in [4.78, 5) is 28.1. The zero-order valence-corrected chi connectivity index (χ0v) is 11.9. The molecule has 0 bridgehead atoms. The second-order valence-electron chi connectivity index (χ2n) is 4.37. The van der Waals surface area contributed by atoms with E-state index in [0.717, 1.165) is 12.3 Å². The summed E-state index contributed by atoms with van der Waals surface area (Å²) >= 11 is 1.50. The van der Waals surface area contributed by atoms with Gasteiger partial charge in [-0.15, -0.1) is 0 Å². The summed E-state index contributed by atoms with van der Waals surface area (Å²) < 4.78 is 5.38. The number of aliphatic imine (C=N–C) groups is 1. The Balaban J connectivity index is 1.81. The molecule has 2 heterocycles. The van der Waals surface area contributed by atoms with Crippen molar-refractivity contribution in [3.63, 3.8) is 0 Å². The standard InChI is InChI=1S/C15H12N2O3S/c18-13(17-15-16-7-8-21-15)6-5-10-9-20-12-4-2-1-3-11(12)14(10)19/h1-6,9H,7-8H2,(H,16,17,18)/b6-5+. The second-order valence-corrected chi connectivity index (χ2v) is 5.46. The first-order valence-electron chi connectivity index (χ1n) is 6.41. The lowest BCUT2D eigenvalue weighted by molar-refractivity contribution is -0.115. The van der Waals surface area contributed by atoms with Crippen molar-refractivity contribution in [1.82, 2.24) is 5.32 Å². The Hall–Kier alpha value is -2.34. The highest BCUT2D eigenvalue weighted by atomic mass is 32.2. The molecule has 0 spiro atoms. The average molecular weight is 300 g/mol. The van der Waals surface area contributed by atoms with Crippen molar-refractivity contribution in [2.75, 3.05) is 12.3 Å². The van der Waals surface area contributed by atoms with Gasteiger partial charge in [-0.2, -0.15) is 0 Å². The number of benzene rings is 1. The molecule has 3 rings (SSSR count).